The van der Waals surface area contributed by atoms with Crippen LogP contribution in [-0.2, 0) is 27.0 Å². The van der Waals surface area contributed by atoms with Gasteiger partial charge in [0.1, 0.15) is 11.6 Å². The van der Waals surface area contributed by atoms with Gasteiger partial charge in [0.2, 0.25) is 11.8 Å². The number of halogens is 1. The SMILES string of the molecule is CN=C1N(c2cccc(Cl)c2C=O)c2ccc(C3CCC(CN4CCC5(CC4)COc4c5ccc5c4CN(C)C5=O)C3)cc2C12CCCCC2.O=C1CCCC(=O)N1. The molecule has 2 unspecified atom stereocenters. The van der Waals surface area contributed by atoms with Crippen molar-refractivity contribution >= 4 is 52.8 Å². The molecule has 3 aromatic carbocycles. The fourth-order valence-electron chi connectivity index (χ4n) is 11.4. The summed E-state index contributed by atoms with van der Waals surface area (Å²) in [5.74, 6) is 3.15. The molecule has 2 aliphatic carbocycles. The summed E-state index contributed by atoms with van der Waals surface area (Å²) in [5, 5.41) is 2.68. The van der Waals surface area contributed by atoms with Crippen LogP contribution >= 0.6 is 11.6 Å². The van der Waals surface area contributed by atoms with Crippen molar-refractivity contribution < 1.29 is 23.9 Å². The van der Waals surface area contributed by atoms with E-state index in [-0.39, 0.29) is 28.6 Å². The highest BCUT2D eigenvalue weighted by molar-refractivity contribution is 6.34. The number of aliphatic imine (C=N–C) groups is 1. The Kier molecular flexibility index (Phi) is 10.5. The molecule has 4 fully saturated rings. The summed E-state index contributed by atoms with van der Waals surface area (Å²) in [4.78, 5) is 57.2. The van der Waals surface area contributed by atoms with Crippen LogP contribution in [0.25, 0.3) is 0 Å². The monoisotopic (exact) mass is 803 g/mol. The Hall–Kier alpha value is -4.54. The number of benzene rings is 3. The molecule has 2 spiro atoms. The van der Waals surface area contributed by atoms with Gasteiger partial charge in [0, 0.05) is 55.6 Å². The summed E-state index contributed by atoms with van der Waals surface area (Å²) in [5.41, 5.74) is 8.55. The van der Waals surface area contributed by atoms with E-state index in [0.29, 0.717) is 48.2 Å². The summed E-state index contributed by atoms with van der Waals surface area (Å²) < 4.78 is 6.37. The predicted molar refractivity (Wildman–Crippen MR) is 226 cm³/mol. The first-order valence-electron chi connectivity index (χ1n) is 21.4. The van der Waals surface area contributed by atoms with Gasteiger partial charge < -0.3 is 14.5 Å². The van der Waals surface area contributed by atoms with Gasteiger partial charge in [-0.05, 0) is 112 Å². The van der Waals surface area contributed by atoms with E-state index in [1.54, 1.807) is 11.0 Å². The predicted octanol–water partition coefficient (Wildman–Crippen LogP) is 8.24. The van der Waals surface area contributed by atoms with Crippen LogP contribution in [0, 0.1) is 5.92 Å². The van der Waals surface area contributed by atoms with E-state index < -0.39 is 0 Å². The Morgan fingerprint density at radius 3 is 2.40 bits per heavy atom. The molecular formula is C47H54ClN5O5. The van der Waals surface area contributed by atoms with E-state index >= 15 is 0 Å². The van der Waals surface area contributed by atoms with Crippen molar-refractivity contribution in [2.45, 2.75) is 107 Å². The molecule has 11 heteroatoms. The third kappa shape index (κ3) is 6.64. The minimum absolute atomic E-state index is 0.0782. The Morgan fingerprint density at radius 1 is 0.914 bits per heavy atom. The number of imide groups is 1. The number of nitrogens with one attached hydrogen (secondary N) is 1. The summed E-state index contributed by atoms with van der Waals surface area (Å²) in [6, 6.07) is 17.1. The minimum Gasteiger partial charge on any atom is -0.492 e. The van der Waals surface area contributed by atoms with Crippen LogP contribution in [0.15, 0.2) is 53.5 Å². The Morgan fingerprint density at radius 2 is 1.69 bits per heavy atom. The molecule has 5 heterocycles. The van der Waals surface area contributed by atoms with Crippen LogP contribution in [-0.4, -0.2) is 80.0 Å². The summed E-state index contributed by atoms with van der Waals surface area (Å²) >= 11 is 6.56. The highest BCUT2D eigenvalue weighted by Crippen LogP contribution is 2.55. The molecule has 3 aromatic rings. The number of carbonyl (C=O) groups is 4. The third-order valence-electron chi connectivity index (χ3n) is 14.5. The van der Waals surface area contributed by atoms with Crippen LogP contribution in [0.4, 0.5) is 11.4 Å². The van der Waals surface area contributed by atoms with Crippen molar-refractivity contribution in [3.05, 3.63) is 86.9 Å². The van der Waals surface area contributed by atoms with Gasteiger partial charge in [-0.2, -0.15) is 0 Å². The Bertz CT molecular complexity index is 2170. The maximum absolute atomic E-state index is 12.6. The standard InChI is InChI=1S/C42H47ClN4O3.C5H7NO2/c1-44-40-42(15-4-3-5-16-42)34-22-29(11-14-37(34)47(40)36-8-6-7-35(43)32(36)25-48)28-10-9-27(21-28)23-46-19-17-41(18-20-46)26-50-38-31-24-45(2)39(49)30(31)12-13-33(38)41;7-4-2-1-3-5(8)6-4/h6-8,11-14,22,25,27-28H,3-5,9-10,15-21,23-24,26H2,1-2H3;1-3H2,(H,6,7,8). The lowest BCUT2D eigenvalue weighted by Crippen LogP contribution is -2.44. The number of rotatable bonds is 5. The number of piperidine rings is 2. The van der Waals surface area contributed by atoms with Crippen LogP contribution in [0.2, 0.25) is 5.02 Å². The van der Waals surface area contributed by atoms with Crippen molar-refractivity contribution in [3.63, 3.8) is 0 Å². The molecule has 10 rings (SSSR count). The molecule has 10 nitrogen and oxygen atoms in total. The first-order valence-corrected chi connectivity index (χ1v) is 21.8. The average molecular weight is 804 g/mol. The van der Waals surface area contributed by atoms with Gasteiger partial charge in [0.25, 0.3) is 5.91 Å². The quantitative estimate of drug-likeness (QED) is 0.204. The zero-order valence-corrected chi connectivity index (χ0v) is 34.5. The van der Waals surface area contributed by atoms with Gasteiger partial charge in [-0.3, -0.25) is 34.4 Å². The topological polar surface area (TPSA) is 112 Å². The number of likely N-dealkylation sites (tertiary alicyclic amines) is 1. The molecule has 2 saturated carbocycles. The normalized spacial score (nSPS) is 25.0. The van der Waals surface area contributed by atoms with E-state index in [1.807, 2.05) is 32.3 Å². The van der Waals surface area contributed by atoms with Crippen molar-refractivity contribution in [2.24, 2.45) is 10.9 Å². The highest BCUT2D eigenvalue weighted by atomic mass is 35.5. The lowest BCUT2D eigenvalue weighted by molar-refractivity contribution is -0.132. The maximum Gasteiger partial charge on any atom is 0.254 e. The number of amidine groups is 1. The summed E-state index contributed by atoms with van der Waals surface area (Å²) in [6.45, 7) is 4.76. The Balaban J connectivity index is 0.000000489. The molecule has 5 aliphatic heterocycles. The molecule has 0 bridgehead atoms. The number of nitrogens with zero attached hydrogens (tertiary/aromatic N) is 4. The number of ether oxygens (including phenoxy) is 1. The molecule has 3 amide bonds. The van der Waals surface area contributed by atoms with E-state index in [9.17, 15) is 19.2 Å². The van der Waals surface area contributed by atoms with Crippen molar-refractivity contribution in [1.29, 1.82) is 0 Å². The number of fused-ring (bicyclic) bond motifs is 6. The molecule has 1 N–H and O–H groups in total. The molecule has 0 aromatic heterocycles. The zero-order chi connectivity index (χ0) is 40.2. The first kappa shape index (κ1) is 38.9. The lowest BCUT2D eigenvalue weighted by atomic mass is 9.69. The number of anilines is 2. The van der Waals surface area contributed by atoms with Crippen LogP contribution in [0.5, 0.6) is 5.75 Å². The summed E-state index contributed by atoms with van der Waals surface area (Å²) in [6.07, 6.45) is 14.4. The Labute approximate surface area is 346 Å². The number of hydrogen-bond acceptors (Lipinski definition) is 7. The van der Waals surface area contributed by atoms with E-state index in [2.05, 4.69) is 39.4 Å². The van der Waals surface area contributed by atoms with E-state index in [1.165, 1.54) is 61.8 Å². The largest absolute Gasteiger partial charge is 0.492 e. The van der Waals surface area contributed by atoms with Crippen LogP contribution in [0.3, 0.4) is 0 Å². The highest BCUT2D eigenvalue weighted by Gasteiger charge is 2.50. The molecule has 7 aliphatic rings. The van der Waals surface area contributed by atoms with E-state index in [0.717, 1.165) is 85.8 Å². The number of carbonyl (C=O) groups excluding carboxylic acids is 4. The van der Waals surface area contributed by atoms with Crippen molar-refractivity contribution in [2.75, 3.05) is 45.2 Å². The second-order valence-corrected chi connectivity index (χ2v) is 18.2. The average Bonchev–Trinajstić information content (AvgIpc) is 3.98. The number of hydrogen-bond donors (Lipinski definition) is 1. The molecule has 304 valence electrons. The minimum atomic E-state index is -0.138. The van der Waals surface area contributed by atoms with Gasteiger partial charge in [0.15, 0.2) is 6.29 Å². The molecule has 2 atom stereocenters. The van der Waals surface area contributed by atoms with E-state index in [4.69, 9.17) is 21.3 Å². The first-order chi connectivity index (χ1) is 28.1. The maximum atomic E-state index is 12.6. The molecule has 0 radical (unpaired) electrons. The molecule has 58 heavy (non-hydrogen) atoms. The smallest absolute Gasteiger partial charge is 0.254 e. The second-order valence-electron chi connectivity index (χ2n) is 17.8. The summed E-state index contributed by atoms with van der Waals surface area (Å²) in [7, 11) is 3.79. The van der Waals surface area contributed by atoms with Crippen molar-refractivity contribution in [1.82, 2.24) is 15.1 Å². The van der Waals surface area contributed by atoms with Crippen LogP contribution < -0.4 is 15.0 Å². The number of amides is 3. The van der Waals surface area contributed by atoms with Crippen molar-refractivity contribution in [3.8, 4) is 5.75 Å². The third-order valence-corrected chi connectivity index (χ3v) is 14.8. The second kappa shape index (κ2) is 15.6. The lowest BCUT2D eigenvalue weighted by Gasteiger charge is -2.39. The fraction of sp³-hybridized carbons (Fsp3) is 0.511. The van der Waals surface area contributed by atoms with Gasteiger partial charge in [-0.15, -0.1) is 0 Å². The number of aldehydes is 1. The molecule has 2 saturated heterocycles. The van der Waals surface area contributed by atoms with Gasteiger partial charge >= 0.3 is 0 Å². The zero-order valence-electron chi connectivity index (χ0n) is 33.8. The fourth-order valence-corrected chi connectivity index (χ4v) is 11.6. The van der Waals surface area contributed by atoms with Crippen LogP contribution in [0.1, 0.15) is 132 Å². The van der Waals surface area contributed by atoms with Gasteiger partial charge in [-0.1, -0.05) is 55.1 Å². The van der Waals surface area contributed by atoms with Gasteiger partial charge in [0.05, 0.1) is 40.5 Å². The molecular weight excluding hydrogens is 750 g/mol. The van der Waals surface area contributed by atoms with Gasteiger partial charge in [-0.25, -0.2) is 0 Å².